The van der Waals surface area contributed by atoms with Gasteiger partial charge >= 0.3 is 0 Å². The van der Waals surface area contributed by atoms with Crippen molar-refractivity contribution in [2.24, 2.45) is 0 Å². The van der Waals surface area contributed by atoms with E-state index in [0.717, 1.165) is 56.4 Å². The van der Waals surface area contributed by atoms with E-state index in [1.54, 1.807) is 0 Å². The maximum absolute atomic E-state index is 6.96. The summed E-state index contributed by atoms with van der Waals surface area (Å²) in [4.78, 5) is 2.37. The van der Waals surface area contributed by atoms with E-state index < -0.39 is 0 Å². The van der Waals surface area contributed by atoms with E-state index in [1.165, 1.54) is 60.1 Å². The van der Waals surface area contributed by atoms with E-state index in [4.69, 9.17) is 4.74 Å². The molecule has 0 radical (unpaired) electrons. The Kier molecular flexibility index (Phi) is 8.53. The zero-order valence-corrected chi connectivity index (χ0v) is 33.9. The topological polar surface area (TPSA) is 12.5 Å². The predicted octanol–water partition coefficient (Wildman–Crippen LogP) is 17.1. The smallest absolute Gasteiger partial charge is 0.135 e. The molecule has 1 aliphatic rings. The highest BCUT2D eigenvalue weighted by molar-refractivity contribution is 6.14. The van der Waals surface area contributed by atoms with Crippen LogP contribution in [0.5, 0.6) is 11.5 Å². The molecule has 1 heterocycles. The second kappa shape index (κ2) is 14.8. The summed E-state index contributed by atoms with van der Waals surface area (Å²) in [5.41, 5.74) is 14.7. The molecule has 0 fully saturated rings. The van der Waals surface area contributed by atoms with Gasteiger partial charge in [-0.1, -0.05) is 176 Å². The third-order valence-electron chi connectivity index (χ3n) is 12.5. The lowest BCUT2D eigenvalue weighted by molar-refractivity contribution is 0.488. The van der Waals surface area contributed by atoms with Crippen LogP contribution in [0.4, 0.5) is 17.1 Å². The summed E-state index contributed by atoms with van der Waals surface area (Å²) in [7, 11) is 0. The monoisotopic (exact) mass is 789 g/mol. The fourth-order valence-electron chi connectivity index (χ4n) is 9.45. The molecule has 11 aromatic rings. The summed E-state index contributed by atoms with van der Waals surface area (Å²) < 4.78 is 6.96. The number of nitrogens with zero attached hydrogens (tertiary/aromatic N) is 1. The zero-order valence-electron chi connectivity index (χ0n) is 33.9. The van der Waals surface area contributed by atoms with Gasteiger partial charge in [-0.15, -0.1) is 0 Å². The van der Waals surface area contributed by atoms with Crippen molar-refractivity contribution in [3.63, 3.8) is 0 Å². The molecule has 11 aromatic carbocycles. The molecular formula is C60H39NO. The van der Waals surface area contributed by atoms with Crippen molar-refractivity contribution < 1.29 is 4.74 Å². The summed E-state index contributed by atoms with van der Waals surface area (Å²) in [5, 5.41) is 7.39. The van der Waals surface area contributed by atoms with E-state index in [0.29, 0.717) is 0 Å². The minimum atomic E-state index is 0.826. The third-order valence-corrected chi connectivity index (χ3v) is 12.5. The molecule has 0 unspecified atom stereocenters. The summed E-state index contributed by atoms with van der Waals surface area (Å²) >= 11 is 0. The van der Waals surface area contributed by atoms with Gasteiger partial charge in [0, 0.05) is 28.2 Å². The average Bonchev–Trinajstić information content (AvgIpc) is 3.49. The van der Waals surface area contributed by atoms with Gasteiger partial charge in [0.15, 0.2) is 0 Å². The van der Waals surface area contributed by atoms with Gasteiger partial charge in [0.2, 0.25) is 0 Å². The molecule has 0 bridgehead atoms. The van der Waals surface area contributed by atoms with Gasteiger partial charge in [0.05, 0.1) is 0 Å². The Morgan fingerprint density at radius 1 is 0.258 bits per heavy atom. The Labute approximate surface area is 361 Å². The standard InChI is InChI=1S/C60H39NO/c1-3-13-40(14-4-1)42-23-29-47(30-24-42)61(48-31-25-44(26-32-48)55-38-46-18-8-9-19-50(46)52-21-11-12-22-53(52)55)49-33-36-58-57(39-49)56-37-45(41-15-5-2-6-16-41)27-34-54(56)60-51-20-10-7-17-43(51)28-35-59(60)62-58/h1-39H. The first-order chi connectivity index (χ1) is 30.7. The van der Waals surface area contributed by atoms with Crippen molar-refractivity contribution in [2.75, 3.05) is 4.90 Å². The van der Waals surface area contributed by atoms with Crippen LogP contribution in [0.2, 0.25) is 0 Å². The first-order valence-electron chi connectivity index (χ1n) is 21.2. The number of anilines is 3. The Bertz CT molecular complexity index is 3460. The van der Waals surface area contributed by atoms with E-state index >= 15 is 0 Å². The Hall–Kier alpha value is -8.20. The van der Waals surface area contributed by atoms with Gasteiger partial charge in [-0.05, 0) is 137 Å². The van der Waals surface area contributed by atoms with Gasteiger partial charge in [-0.25, -0.2) is 0 Å². The van der Waals surface area contributed by atoms with Crippen molar-refractivity contribution in [3.8, 4) is 67.1 Å². The molecule has 0 saturated heterocycles. The summed E-state index contributed by atoms with van der Waals surface area (Å²) in [6.07, 6.45) is 0. The summed E-state index contributed by atoms with van der Waals surface area (Å²) in [6, 6.07) is 85.4. The third kappa shape index (κ3) is 6.12. The molecule has 0 aliphatic carbocycles. The van der Waals surface area contributed by atoms with Crippen molar-refractivity contribution in [1.82, 2.24) is 0 Å². The van der Waals surface area contributed by atoms with Crippen LogP contribution in [0.15, 0.2) is 237 Å². The van der Waals surface area contributed by atoms with Gasteiger partial charge in [-0.3, -0.25) is 0 Å². The average molecular weight is 790 g/mol. The molecule has 0 atom stereocenters. The SMILES string of the molecule is c1ccc(-c2ccc(N(c3ccc(-c4cc5ccccc5c5ccccc45)cc3)c3ccc4c(c3)-c3cc(-c5ccccc5)ccc3-c3c(ccc5ccccc35)O4)cc2)cc1. The van der Waals surface area contributed by atoms with Crippen LogP contribution in [0.1, 0.15) is 0 Å². The van der Waals surface area contributed by atoms with Crippen molar-refractivity contribution in [2.45, 2.75) is 0 Å². The van der Waals surface area contributed by atoms with E-state index in [9.17, 15) is 0 Å². The van der Waals surface area contributed by atoms with E-state index in [2.05, 4.69) is 241 Å². The van der Waals surface area contributed by atoms with Gasteiger partial charge in [0.25, 0.3) is 0 Å². The molecule has 0 amide bonds. The summed E-state index contributed by atoms with van der Waals surface area (Å²) in [6.45, 7) is 0. The van der Waals surface area contributed by atoms with Crippen LogP contribution in [-0.4, -0.2) is 0 Å². The molecule has 0 aromatic heterocycles. The molecule has 1 aliphatic heterocycles. The molecule has 0 spiro atoms. The van der Waals surface area contributed by atoms with Gasteiger partial charge in [-0.2, -0.15) is 0 Å². The van der Waals surface area contributed by atoms with Crippen LogP contribution < -0.4 is 9.64 Å². The molecule has 2 heteroatoms. The number of benzene rings is 11. The van der Waals surface area contributed by atoms with Crippen molar-refractivity contribution >= 4 is 49.4 Å². The molecule has 0 N–H and O–H groups in total. The number of hydrogen-bond acceptors (Lipinski definition) is 2. The maximum Gasteiger partial charge on any atom is 0.135 e. The van der Waals surface area contributed by atoms with Crippen LogP contribution in [0.3, 0.4) is 0 Å². The van der Waals surface area contributed by atoms with Crippen LogP contribution in [-0.2, 0) is 0 Å². The Morgan fingerprint density at radius 3 is 1.52 bits per heavy atom. The minimum absolute atomic E-state index is 0.826. The molecule has 0 saturated carbocycles. The molecular weight excluding hydrogens is 751 g/mol. The second-order valence-corrected chi connectivity index (χ2v) is 16.1. The molecule has 2 nitrogen and oxygen atoms in total. The largest absolute Gasteiger partial charge is 0.456 e. The lowest BCUT2D eigenvalue weighted by Crippen LogP contribution is -2.10. The Morgan fingerprint density at radius 2 is 0.790 bits per heavy atom. The Balaban J connectivity index is 1.04. The number of fused-ring (bicyclic) bond motifs is 10. The van der Waals surface area contributed by atoms with E-state index in [-0.39, 0.29) is 0 Å². The highest BCUT2D eigenvalue weighted by Crippen LogP contribution is 2.52. The minimum Gasteiger partial charge on any atom is -0.456 e. The van der Waals surface area contributed by atoms with Crippen LogP contribution >= 0.6 is 0 Å². The number of rotatable bonds is 6. The van der Waals surface area contributed by atoms with Crippen LogP contribution in [0, 0.1) is 0 Å². The lowest BCUT2D eigenvalue weighted by atomic mass is 9.88. The summed E-state index contributed by atoms with van der Waals surface area (Å²) in [5.74, 6) is 1.68. The van der Waals surface area contributed by atoms with Gasteiger partial charge in [0.1, 0.15) is 11.5 Å². The first-order valence-corrected chi connectivity index (χ1v) is 21.2. The predicted molar refractivity (Wildman–Crippen MR) is 261 cm³/mol. The lowest BCUT2D eigenvalue weighted by Gasteiger charge is -2.27. The van der Waals surface area contributed by atoms with Gasteiger partial charge < -0.3 is 9.64 Å². The molecule has 12 rings (SSSR count). The van der Waals surface area contributed by atoms with E-state index in [1.807, 2.05) is 0 Å². The maximum atomic E-state index is 6.96. The highest BCUT2D eigenvalue weighted by atomic mass is 16.5. The number of ether oxygens (including phenoxy) is 1. The fraction of sp³-hybridized carbons (Fsp3) is 0. The normalized spacial score (nSPS) is 11.7. The number of hydrogen-bond donors (Lipinski definition) is 0. The second-order valence-electron chi connectivity index (χ2n) is 16.1. The first kappa shape index (κ1) is 35.7. The fourth-order valence-corrected chi connectivity index (χ4v) is 9.45. The van der Waals surface area contributed by atoms with Crippen LogP contribution in [0.25, 0.3) is 88.0 Å². The molecule has 290 valence electrons. The zero-order chi connectivity index (χ0) is 41.0. The van der Waals surface area contributed by atoms with Crippen molar-refractivity contribution in [3.05, 3.63) is 237 Å². The molecule has 62 heavy (non-hydrogen) atoms. The highest BCUT2D eigenvalue weighted by Gasteiger charge is 2.25. The van der Waals surface area contributed by atoms with Crippen molar-refractivity contribution in [1.29, 1.82) is 0 Å². The quantitative estimate of drug-likeness (QED) is 0.156.